The molecule has 1 aromatic heterocycles. The molecule has 4 aliphatic carbocycles. The number of hydrogen-bond donors (Lipinski definition) is 3. The van der Waals surface area contributed by atoms with Gasteiger partial charge in [-0.3, -0.25) is 4.79 Å². The smallest absolute Gasteiger partial charge is 0.355 e. The van der Waals surface area contributed by atoms with Gasteiger partial charge in [0, 0.05) is 19.2 Å². The zero-order valence-electron chi connectivity index (χ0n) is 18.9. The highest BCUT2D eigenvalue weighted by Crippen LogP contribution is 2.70. The van der Waals surface area contributed by atoms with Crippen LogP contribution < -0.4 is 0 Å². The van der Waals surface area contributed by atoms with Gasteiger partial charge in [0.15, 0.2) is 17.5 Å². The summed E-state index contributed by atoms with van der Waals surface area (Å²) in [6.45, 7) is 5.53. The molecule has 0 aliphatic heterocycles. The number of ketones is 1. The van der Waals surface area contributed by atoms with Gasteiger partial charge in [-0.05, 0) is 60.3 Å². The number of allylic oxidation sites excluding steroid dienone is 1. The zero-order chi connectivity index (χ0) is 23.2. The summed E-state index contributed by atoms with van der Waals surface area (Å²) in [6, 6.07) is 3.33. The van der Waals surface area contributed by atoms with E-state index in [1.165, 1.54) is 0 Å². The number of ether oxygens (including phenoxy) is 1. The third kappa shape index (κ3) is 2.47. The normalized spacial score (nSPS) is 41.6. The minimum atomic E-state index is -2.08. The largest absolute Gasteiger partial charge is 0.450 e. The van der Waals surface area contributed by atoms with Gasteiger partial charge in [0.2, 0.25) is 0 Å². The van der Waals surface area contributed by atoms with Crippen LogP contribution in [0.2, 0.25) is 0 Å². The van der Waals surface area contributed by atoms with Gasteiger partial charge in [-0.15, -0.1) is 0 Å². The Bertz CT molecular complexity index is 1070. The van der Waals surface area contributed by atoms with Gasteiger partial charge in [-0.1, -0.05) is 26.0 Å². The van der Waals surface area contributed by atoms with Crippen LogP contribution in [0, 0.1) is 28.6 Å². The van der Waals surface area contributed by atoms with Gasteiger partial charge >= 0.3 is 5.97 Å². The first-order valence-corrected chi connectivity index (χ1v) is 11.3. The Morgan fingerprint density at radius 3 is 2.69 bits per heavy atom. The van der Waals surface area contributed by atoms with E-state index >= 15 is 0 Å². The predicted octanol–water partition coefficient (Wildman–Crippen LogP) is 1.77. The van der Waals surface area contributed by atoms with Crippen molar-refractivity contribution in [3.8, 4) is 0 Å². The summed E-state index contributed by atoms with van der Waals surface area (Å²) in [5.74, 6) is -0.880. The lowest BCUT2D eigenvalue weighted by Crippen LogP contribution is -2.63. The van der Waals surface area contributed by atoms with E-state index in [0.717, 1.165) is 6.42 Å². The van der Waals surface area contributed by atoms with E-state index in [4.69, 9.17) is 4.74 Å². The summed E-state index contributed by atoms with van der Waals surface area (Å²) in [5.41, 5.74) is -2.43. The third-order valence-electron chi connectivity index (χ3n) is 8.84. The SMILES string of the molecule is CC1=C[C@@]23CC[C@@H]4[C@H]([C@H](C=C(CO)[C@@H](O)[C@]2(O)[C@H]1OC(=O)c1cccn1C)C3=O)C4(C)C. The summed E-state index contributed by atoms with van der Waals surface area (Å²) in [5, 5.41) is 33.6. The van der Waals surface area contributed by atoms with Crippen molar-refractivity contribution in [2.45, 2.75) is 51.4 Å². The zero-order valence-corrected chi connectivity index (χ0v) is 18.9. The molecule has 7 atom stereocenters. The molecule has 1 aromatic rings. The number of rotatable bonds is 3. The quantitative estimate of drug-likeness (QED) is 0.487. The molecule has 0 amide bonds. The third-order valence-corrected chi connectivity index (χ3v) is 8.84. The van der Waals surface area contributed by atoms with Crippen molar-refractivity contribution >= 4 is 11.8 Å². The Morgan fingerprint density at radius 2 is 2.06 bits per heavy atom. The maximum atomic E-state index is 14.1. The molecule has 172 valence electrons. The van der Waals surface area contributed by atoms with Crippen LogP contribution in [0.4, 0.5) is 0 Å². The molecule has 0 radical (unpaired) electrons. The minimum Gasteiger partial charge on any atom is -0.450 e. The molecule has 2 saturated carbocycles. The number of hydrogen-bond acceptors (Lipinski definition) is 6. The van der Waals surface area contributed by atoms with Crippen LogP contribution >= 0.6 is 0 Å². The highest BCUT2D eigenvalue weighted by atomic mass is 16.6. The van der Waals surface area contributed by atoms with Crippen molar-refractivity contribution < 1.29 is 29.6 Å². The maximum Gasteiger partial charge on any atom is 0.355 e. The highest BCUT2D eigenvalue weighted by Gasteiger charge is 2.74. The molecule has 1 spiro atoms. The summed E-state index contributed by atoms with van der Waals surface area (Å²) < 4.78 is 7.41. The molecule has 3 N–H and O–H groups in total. The molecular formula is C25H31NO6. The Kier molecular flexibility index (Phi) is 4.49. The maximum absolute atomic E-state index is 14.1. The first-order valence-electron chi connectivity index (χ1n) is 11.3. The number of aromatic nitrogens is 1. The molecule has 0 unspecified atom stereocenters. The van der Waals surface area contributed by atoms with Gasteiger partial charge in [0.05, 0.1) is 12.0 Å². The number of carbonyl (C=O) groups excluding carboxylic acids is 2. The van der Waals surface area contributed by atoms with E-state index in [2.05, 4.69) is 13.8 Å². The van der Waals surface area contributed by atoms with Crippen molar-refractivity contribution in [3.05, 3.63) is 47.3 Å². The van der Waals surface area contributed by atoms with Crippen molar-refractivity contribution in [3.63, 3.8) is 0 Å². The van der Waals surface area contributed by atoms with E-state index in [-0.39, 0.29) is 22.7 Å². The van der Waals surface area contributed by atoms with E-state index in [0.29, 0.717) is 23.6 Å². The molecule has 0 saturated heterocycles. The second-order valence-electron chi connectivity index (χ2n) is 10.7. The second kappa shape index (κ2) is 6.65. The molecule has 2 fully saturated rings. The van der Waals surface area contributed by atoms with Gasteiger partial charge < -0.3 is 24.6 Å². The first kappa shape index (κ1) is 21.6. The van der Waals surface area contributed by atoms with Crippen LogP contribution in [0.1, 0.15) is 44.1 Å². The predicted molar refractivity (Wildman–Crippen MR) is 115 cm³/mol. The lowest BCUT2D eigenvalue weighted by molar-refractivity contribution is -0.182. The van der Waals surface area contributed by atoms with E-state index in [1.807, 2.05) is 0 Å². The number of aliphatic hydroxyl groups excluding tert-OH is 2. The van der Waals surface area contributed by atoms with Gasteiger partial charge in [0.1, 0.15) is 11.8 Å². The van der Waals surface area contributed by atoms with Crippen LogP contribution in [-0.2, 0) is 16.6 Å². The van der Waals surface area contributed by atoms with E-state index in [9.17, 15) is 24.9 Å². The number of fused-ring (bicyclic) bond motifs is 3. The Balaban J connectivity index is 1.62. The van der Waals surface area contributed by atoms with Crippen molar-refractivity contribution in [2.75, 3.05) is 6.61 Å². The van der Waals surface area contributed by atoms with Crippen LogP contribution in [0.15, 0.2) is 41.6 Å². The molecule has 7 heteroatoms. The molecule has 7 nitrogen and oxygen atoms in total. The topological polar surface area (TPSA) is 109 Å². The van der Waals surface area contributed by atoms with Crippen LogP contribution in [0.3, 0.4) is 0 Å². The summed E-state index contributed by atoms with van der Waals surface area (Å²) in [4.78, 5) is 27.0. The molecular weight excluding hydrogens is 410 g/mol. The van der Waals surface area contributed by atoms with Crippen molar-refractivity contribution in [1.29, 1.82) is 0 Å². The van der Waals surface area contributed by atoms with E-state index < -0.39 is 41.7 Å². The molecule has 0 aromatic carbocycles. The number of aryl methyl sites for hydroxylation is 1. The molecule has 32 heavy (non-hydrogen) atoms. The molecule has 4 aliphatic rings. The first-order chi connectivity index (χ1) is 15.0. The average molecular weight is 442 g/mol. The molecule has 1 heterocycles. The number of aliphatic hydroxyl groups is 3. The van der Waals surface area contributed by atoms with Crippen LogP contribution in [-0.4, -0.2) is 56.1 Å². The second-order valence-corrected chi connectivity index (χ2v) is 10.7. The van der Waals surface area contributed by atoms with Crippen LogP contribution in [0.25, 0.3) is 0 Å². The lowest BCUT2D eigenvalue weighted by Gasteiger charge is -2.46. The number of carbonyl (C=O) groups is 2. The lowest BCUT2D eigenvalue weighted by atomic mass is 9.63. The van der Waals surface area contributed by atoms with Gasteiger partial charge in [0.25, 0.3) is 0 Å². The van der Waals surface area contributed by atoms with Crippen molar-refractivity contribution in [1.82, 2.24) is 4.57 Å². The summed E-state index contributed by atoms with van der Waals surface area (Å²) in [6.07, 6.45) is 3.45. The Hall–Kier alpha value is -2.22. The fourth-order valence-corrected chi connectivity index (χ4v) is 7.05. The summed E-state index contributed by atoms with van der Waals surface area (Å²) in [7, 11) is 1.71. The highest BCUT2D eigenvalue weighted by molar-refractivity contribution is 5.95. The van der Waals surface area contributed by atoms with Crippen molar-refractivity contribution in [2.24, 2.45) is 35.6 Å². The fraction of sp³-hybridized carbons (Fsp3) is 0.600. The standard InChI is InChI=1S/C25H31NO6/c1-13-11-24-8-7-16-18(23(16,2)3)15(20(24)29)10-14(12-27)19(28)25(24,31)21(13)32-22(30)17-6-5-9-26(17)4/h5-6,9-11,15-16,18-19,21,27-28,31H,7-8,12H2,1-4H3/t15-,16+,18-,19+,21-,24+,25-/m0/s1. The van der Waals surface area contributed by atoms with Gasteiger partial charge in [-0.25, -0.2) is 4.79 Å². The number of esters is 1. The minimum absolute atomic E-state index is 0.0117. The molecule has 2 bridgehead atoms. The van der Waals surface area contributed by atoms with Gasteiger partial charge in [-0.2, -0.15) is 0 Å². The fourth-order valence-electron chi connectivity index (χ4n) is 7.05. The number of Topliss-reactive ketones (excluding diaryl/α,β-unsaturated/α-hetero) is 1. The van der Waals surface area contributed by atoms with Crippen LogP contribution in [0.5, 0.6) is 0 Å². The Labute approximate surface area is 187 Å². The molecule has 5 rings (SSSR count). The summed E-state index contributed by atoms with van der Waals surface area (Å²) >= 11 is 0. The Morgan fingerprint density at radius 1 is 1.34 bits per heavy atom. The number of nitrogens with zero attached hydrogens (tertiary/aromatic N) is 1. The van der Waals surface area contributed by atoms with E-state index in [1.54, 1.807) is 49.0 Å². The monoisotopic (exact) mass is 441 g/mol. The average Bonchev–Trinajstić information content (AvgIpc) is 3.00.